The number of ether oxygens (including phenoxy) is 2. The van der Waals surface area contributed by atoms with Gasteiger partial charge in [-0.25, -0.2) is 9.97 Å². The third-order valence-corrected chi connectivity index (χ3v) is 7.50. The highest BCUT2D eigenvalue weighted by Gasteiger charge is 2.30. The fourth-order valence-electron chi connectivity index (χ4n) is 5.36. The molecule has 6 rings (SSSR count). The molecule has 0 saturated carbocycles. The third kappa shape index (κ3) is 5.07. The molecule has 4 aromatic heterocycles. The van der Waals surface area contributed by atoms with Crippen LogP contribution in [0.5, 0.6) is 5.75 Å². The van der Waals surface area contributed by atoms with Crippen LogP contribution in [0.1, 0.15) is 41.6 Å². The van der Waals surface area contributed by atoms with Crippen molar-refractivity contribution in [3.63, 3.8) is 0 Å². The zero-order chi connectivity index (χ0) is 29.2. The molecule has 1 atom stereocenters. The molecule has 0 saturated heterocycles. The second-order valence-electron chi connectivity index (χ2n) is 10.2. The van der Waals surface area contributed by atoms with Crippen LogP contribution in [0.4, 0.5) is 5.82 Å². The molecule has 12 heteroatoms. The summed E-state index contributed by atoms with van der Waals surface area (Å²) in [5.74, 6) is 1.27. The number of nitrogens with zero attached hydrogens (tertiary/aromatic N) is 7. The molecule has 1 unspecified atom stereocenters. The monoisotopic (exact) mass is 565 g/mol. The first-order chi connectivity index (χ1) is 20.5. The van der Waals surface area contributed by atoms with Crippen LogP contribution in [-0.4, -0.2) is 65.8 Å². The highest BCUT2D eigenvalue weighted by molar-refractivity contribution is 5.91. The first-order valence-electron chi connectivity index (χ1n) is 13.6. The number of carbonyl (C=O) groups is 1. The maximum Gasteiger partial charge on any atom is 0.295 e. The number of aryl methyl sites for hydroxylation is 1. The first kappa shape index (κ1) is 27.1. The normalized spacial score (nSPS) is 14.9. The minimum Gasteiger partial charge on any atom is -0.497 e. The number of hydrogen-bond acceptors (Lipinski definition) is 9. The van der Waals surface area contributed by atoms with Gasteiger partial charge in [0.1, 0.15) is 17.9 Å². The predicted octanol–water partition coefficient (Wildman–Crippen LogP) is 4.06. The zero-order valence-electron chi connectivity index (χ0n) is 23.6. The van der Waals surface area contributed by atoms with Crippen LogP contribution < -0.4 is 10.5 Å². The highest BCUT2D eigenvalue weighted by Crippen LogP contribution is 2.31. The average molecular weight is 566 g/mol. The van der Waals surface area contributed by atoms with Gasteiger partial charge >= 0.3 is 0 Å². The van der Waals surface area contributed by atoms with E-state index in [4.69, 9.17) is 20.2 Å². The van der Waals surface area contributed by atoms with Crippen LogP contribution in [-0.2, 0) is 17.8 Å². The Hall–Kier alpha value is -5.10. The van der Waals surface area contributed by atoms with Gasteiger partial charge in [0.15, 0.2) is 5.65 Å². The number of aromatic nitrogens is 7. The number of hydrogen-bond donors (Lipinski definition) is 2. The number of amides is 1. The van der Waals surface area contributed by atoms with E-state index >= 15 is 0 Å². The molecular weight excluding hydrogens is 534 g/mol. The molecule has 5 heterocycles. The Morgan fingerprint density at radius 1 is 1.10 bits per heavy atom. The quantitative estimate of drug-likeness (QED) is 0.270. The van der Waals surface area contributed by atoms with E-state index in [1.807, 2.05) is 55.7 Å². The number of rotatable bonds is 9. The molecule has 0 aliphatic carbocycles. The SMILES string of the molecule is COCc1c(CCC2CC(C)=CN2C(=O)c2ncn[nH]2)nc2c(-c3ccc(-c4ccc(OC)cc4)nc3)cnn2c1N. The number of carbonyl (C=O) groups excluding carboxylic acids is 1. The smallest absolute Gasteiger partial charge is 0.295 e. The number of methoxy groups -OCH3 is 2. The lowest BCUT2D eigenvalue weighted by atomic mass is 10.0. The summed E-state index contributed by atoms with van der Waals surface area (Å²) in [6.07, 6.45) is 8.82. The Bertz CT molecular complexity index is 1740. The second-order valence-corrected chi connectivity index (χ2v) is 10.2. The van der Waals surface area contributed by atoms with E-state index in [1.54, 1.807) is 29.8 Å². The molecule has 5 aromatic rings. The molecule has 1 aliphatic rings. The first-order valence-corrected chi connectivity index (χ1v) is 13.6. The van der Waals surface area contributed by atoms with Gasteiger partial charge in [-0.3, -0.25) is 14.9 Å². The molecule has 1 amide bonds. The van der Waals surface area contributed by atoms with Crippen molar-refractivity contribution in [2.75, 3.05) is 20.0 Å². The fourth-order valence-corrected chi connectivity index (χ4v) is 5.36. The summed E-state index contributed by atoms with van der Waals surface area (Å²) in [6, 6.07) is 11.7. The van der Waals surface area contributed by atoms with Crippen LogP contribution in [0.25, 0.3) is 28.0 Å². The lowest BCUT2D eigenvalue weighted by Crippen LogP contribution is -2.34. The minimum atomic E-state index is -0.210. The van der Waals surface area contributed by atoms with Crippen LogP contribution in [0.2, 0.25) is 0 Å². The van der Waals surface area contributed by atoms with E-state index in [-0.39, 0.29) is 17.8 Å². The number of H-pyrrole nitrogens is 1. The third-order valence-electron chi connectivity index (χ3n) is 7.50. The maximum atomic E-state index is 13.1. The van der Waals surface area contributed by atoms with Gasteiger partial charge in [-0.15, -0.1) is 0 Å². The summed E-state index contributed by atoms with van der Waals surface area (Å²) in [6.45, 7) is 2.31. The number of nitrogens with two attached hydrogens (primary N) is 1. The van der Waals surface area contributed by atoms with Gasteiger partial charge in [0, 0.05) is 47.8 Å². The van der Waals surface area contributed by atoms with Gasteiger partial charge in [-0.1, -0.05) is 11.6 Å². The largest absolute Gasteiger partial charge is 0.497 e. The van der Waals surface area contributed by atoms with E-state index in [0.717, 1.165) is 51.4 Å². The highest BCUT2D eigenvalue weighted by atomic mass is 16.5. The Kier molecular flexibility index (Phi) is 7.36. The van der Waals surface area contributed by atoms with Gasteiger partial charge < -0.3 is 20.1 Å². The van der Waals surface area contributed by atoms with Gasteiger partial charge in [0.2, 0.25) is 5.82 Å². The lowest BCUT2D eigenvalue weighted by molar-refractivity contribution is 0.0767. The van der Waals surface area contributed by atoms with E-state index in [9.17, 15) is 4.79 Å². The molecule has 1 aromatic carbocycles. The number of nitrogens with one attached hydrogen (secondary N) is 1. The molecule has 3 N–H and O–H groups in total. The minimum absolute atomic E-state index is 0.0451. The molecule has 1 aliphatic heterocycles. The molecule has 0 fully saturated rings. The van der Waals surface area contributed by atoms with E-state index in [1.165, 1.54) is 6.33 Å². The van der Waals surface area contributed by atoms with Crippen molar-refractivity contribution in [1.29, 1.82) is 0 Å². The van der Waals surface area contributed by atoms with Crippen molar-refractivity contribution in [2.24, 2.45) is 0 Å². The molecule has 42 heavy (non-hydrogen) atoms. The molecule has 214 valence electrons. The van der Waals surface area contributed by atoms with Crippen LogP contribution in [0.15, 0.2) is 66.9 Å². The zero-order valence-corrected chi connectivity index (χ0v) is 23.6. The number of pyridine rings is 1. The summed E-state index contributed by atoms with van der Waals surface area (Å²) in [5, 5.41) is 11.0. The van der Waals surface area contributed by atoms with Crippen molar-refractivity contribution >= 4 is 17.4 Å². The van der Waals surface area contributed by atoms with Crippen molar-refractivity contribution < 1.29 is 14.3 Å². The van der Waals surface area contributed by atoms with Crippen molar-refractivity contribution in [1.82, 2.24) is 39.7 Å². The Labute approximate surface area is 242 Å². The lowest BCUT2D eigenvalue weighted by Gasteiger charge is -2.23. The Balaban J connectivity index is 1.29. The van der Waals surface area contributed by atoms with E-state index in [2.05, 4.69) is 25.3 Å². The Morgan fingerprint density at radius 3 is 2.60 bits per heavy atom. The molecule has 0 radical (unpaired) electrons. The summed E-state index contributed by atoms with van der Waals surface area (Å²) in [7, 11) is 3.27. The van der Waals surface area contributed by atoms with Crippen LogP contribution in [0, 0.1) is 0 Å². The second kappa shape index (κ2) is 11.4. The summed E-state index contributed by atoms with van der Waals surface area (Å²) >= 11 is 0. The van der Waals surface area contributed by atoms with Crippen molar-refractivity contribution in [2.45, 2.75) is 38.8 Å². The van der Waals surface area contributed by atoms with Crippen LogP contribution in [0.3, 0.4) is 0 Å². The molecular formula is C30H31N9O3. The van der Waals surface area contributed by atoms with Gasteiger partial charge in [0.05, 0.1) is 31.3 Å². The molecule has 12 nitrogen and oxygen atoms in total. The average Bonchev–Trinajstić information content (AvgIpc) is 3.78. The van der Waals surface area contributed by atoms with E-state index < -0.39 is 0 Å². The number of benzene rings is 1. The number of nitrogen functional groups attached to an aromatic ring is 1. The number of anilines is 1. The number of aromatic amines is 1. The van der Waals surface area contributed by atoms with Crippen LogP contribution >= 0.6 is 0 Å². The molecule has 0 bridgehead atoms. The van der Waals surface area contributed by atoms with Crippen molar-refractivity contribution in [3.8, 4) is 28.1 Å². The predicted molar refractivity (Wildman–Crippen MR) is 156 cm³/mol. The van der Waals surface area contributed by atoms with Crippen molar-refractivity contribution in [3.05, 3.63) is 84.0 Å². The summed E-state index contributed by atoms with van der Waals surface area (Å²) < 4.78 is 12.4. The standard InChI is InChI=1S/C30H31N9O3/c1-18-12-21(38(15-18)30(40)28-33-17-34-37-28)7-11-26-24(16-41-2)27(31)39-29(36-26)23(14-35-39)20-6-10-25(32-13-20)19-4-8-22(42-3)9-5-19/h4-6,8-10,13-15,17,21H,7,11-12,16,31H2,1-3H3,(H,33,34,37). The van der Waals surface area contributed by atoms with Gasteiger partial charge in [-0.05, 0) is 56.5 Å². The summed E-state index contributed by atoms with van der Waals surface area (Å²) in [5.41, 5.74) is 13.5. The molecule has 0 spiro atoms. The Morgan fingerprint density at radius 2 is 1.90 bits per heavy atom. The van der Waals surface area contributed by atoms with E-state index in [0.29, 0.717) is 30.9 Å². The summed E-state index contributed by atoms with van der Waals surface area (Å²) in [4.78, 5) is 28.5. The topological polar surface area (TPSA) is 149 Å². The van der Waals surface area contributed by atoms with Gasteiger partial charge in [0.25, 0.3) is 5.91 Å². The van der Waals surface area contributed by atoms with Gasteiger partial charge in [-0.2, -0.15) is 14.7 Å². The number of fused-ring (bicyclic) bond motifs is 1. The fraction of sp³-hybridized carbons (Fsp3) is 0.267. The maximum absolute atomic E-state index is 13.1.